The number of nitrogens with one attached hydrogen (secondary N) is 2. The molecule has 4 aromatic rings. The number of nitrogens with zero attached hydrogens (tertiary/aromatic N) is 1. The molecule has 0 spiro atoms. The maximum absolute atomic E-state index is 12.7. The second-order valence-corrected chi connectivity index (χ2v) is 6.31. The second kappa shape index (κ2) is 7.09. The zero-order valence-corrected chi connectivity index (χ0v) is 14.8. The van der Waals surface area contributed by atoms with Crippen molar-refractivity contribution in [2.45, 2.75) is 6.92 Å². The van der Waals surface area contributed by atoms with Gasteiger partial charge in [0.25, 0.3) is 5.91 Å². The van der Waals surface area contributed by atoms with Gasteiger partial charge in [-0.2, -0.15) is 0 Å². The molecular weight excluding hydrogens is 342 g/mol. The first kappa shape index (κ1) is 17.1. The summed E-state index contributed by atoms with van der Waals surface area (Å²) in [6.07, 6.45) is 3.53. The van der Waals surface area contributed by atoms with E-state index in [1.807, 2.05) is 37.3 Å². The summed E-state index contributed by atoms with van der Waals surface area (Å²) >= 11 is 0. The van der Waals surface area contributed by atoms with Gasteiger partial charge >= 0.3 is 0 Å². The lowest BCUT2D eigenvalue weighted by molar-refractivity contribution is 0.102. The van der Waals surface area contributed by atoms with Crippen LogP contribution in [0.4, 0.5) is 5.69 Å². The maximum Gasteiger partial charge on any atom is 0.255 e. The number of fused-ring (bicyclic) bond motifs is 3. The lowest BCUT2D eigenvalue weighted by Crippen LogP contribution is -2.12. The number of hydrogen-bond donors (Lipinski definition) is 3. The minimum Gasteiger partial charge on any atom is -0.491 e. The maximum atomic E-state index is 12.7. The van der Waals surface area contributed by atoms with Gasteiger partial charge in [0.15, 0.2) is 0 Å². The molecule has 0 saturated heterocycles. The molecule has 0 aliphatic heterocycles. The number of aliphatic hydroxyl groups is 1. The number of aromatic nitrogens is 2. The Kier molecular flexibility index (Phi) is 4.48. The first-order valence-electron chi connectivity index (χ1n) is 8.67. The summed E-state index contributed by atoms with van der Waals surface area (Å²) in [5.41, 5.74) is 4.02. The van der Waals surface area contributed by atoms with Crippen LogP contribution in [0.25, 0.3) is 21.8 Å². The van der Waals surface area contributed by atoms with E-state index in [4.69, 9.17) is 9.84 Å². The van der Waals surface area contributed by atoms with Crippen LogP contribution in [-0.4, -0.2) is 34.2 Å². The van der Waals surface area contributed by atoms with Gasteiger partial charge in [-0.3, -0.25) is 9.78 Å². The van der Waals surface area contributed by atoms with Crippen molar-refractivity contribution in [1.82, 2.24) is 9.97 Å². The molecule has 0 radical (unpaired) electrons. The van der Waals surface area contributed by atoms with Crippen LogP contribution in [-0.2, 0) is 0 Å². The number of aromatic amines is 1. The minimum atomic E-state index is -0.180. The summed E-state index contributed by atoms with van der Waals surface area (Å²) in [5, 5.41) is 13.9. The number of ether oxygens (including phenoxy) is 1. The second-order valence-electron chi connectivity index (χ2n) is 6.31. The van der Waals surface area contributed by atoms with E-state index in [0.717, 1.165) is 33.1 Å². The summed E-state index contributed by atoms with van der Waals surface area (Å²) in [5.74, 6) is 0.480. The zero-order chi connectivity index (χ0) is 18.8. The molecule has 4 rings (SSSR count). The molecule has 0 unspecified atom stereocenters. The molecule has 0 aliphatic carbocycles. The lowest BCUT2D eigenvalue weighted by atomic mass is 10.1. The molecule has 6 heteroatoms. The predicted molar refractivity (Wildman–Crippen MR) is 105 cm³/mol. The summed E-state index contributed by atoms with van der Waals surface area (Å²) < 4.78 is 5.39. The summed E-state index contributed by atoms with van der Waals surface area (Å²) in [7, 11) is 0. The number of carbonyl (C=O) groups is 1. The van der Waals surface area contributed by atoms with Crippen LogP contribution in [0.5, 0.6) is 5.75 Å². The highest BCUT2D eigenvalue weighted by atomic mass is 16.5. The van der Waals surface area contributed by atoms with Crippen LogP contribution >= 0.6 is 0 Å². The van der Waals surface area contributed by atoms with Gasteiger partial charge in [0.05, 0.1) is 18.3 Å². The van der Waals surface area contributed by atoms with Crippen molar-refractivity contribution in [2.24, 2.45) is 0 Å². The Labute approximate surface area is 155 Å². The molecule has 0 atom stereocenters. The van der Waals surface area contributed by atoms with E-state index in [-0.39, 0.29) is 19.1 Å². The van der Waals surface area contributed by atoms with E-state index >= 15 is 0 Å². The van der Waals surface area contributed by atoms with Gasteiger partial charge < -0.3 is 20.1 Å². The van der Waals surface area contributed by atoms with E-state index in [0.29, 0.717) is 11.3 Å². The van der Waals surface area contributed by atoms with Gasteiger partial charge in [0, 0.05) is 33.7 Å². The van der Waals surface area contributed by atoms with Crippen molar-refractivity contribution in [3.8, 4) is 5.75 Å². The Balaban J connectivity index is 1.58. The fourth-order valence-corrected chi connectivity index (χ4v) is 3.12. The first-order valence-corrected chi connectivity index (χ1v) is 8.67. The van der Waals surface area contributed by atoms with Gasteiger partial charge in [0.1, 0.15) is 12.4 Å². The van der Waals surface area contributed by atoms with Gasteiger partial charge in [-0.15, -0.1) is 0 Å². The number of hydrogen-bond acceptors (Lipinski definition) is 4. The van der Waals surface area contributed by atoms with Crippen molar-refractivity contribution >= 4 is 33.4 Å². The highest BCUT2D eigenvalue weighted by Gasteiger charge is 2.11. The molecule has 1 amide bonds. The molecule has 6 nitrogen and oxygen atoms in total. The van der Waals surface area contributed by atoms with Crippen LogP contribution in [0.1, 0.15) is 15.9 Å². The topological polar surface area (TPSA) is 87.2 Å². The quantitative estimate of drug-likeness (QED) is 0.506. The smallest absolute Gasteiger partial charge is 0.255 e. The lowest BCUT2D eigenvalue weighted by Gasteiger charge is -2.11. The number of carbonyl (C=O) groups excluding carboxylic acids is 1. The van der Waals surface area contributed by atoms with Crippen molar-refractivity contribution in [2.75, 3.05) is 18.5 Å². The standard InChI is InChI=1S/C21H19N3O3/c1-13-10-15(27-9-8-25)3-5-18(13)24-21(26)14-2-4-16-17-6-7-22-12-20(17)23-19(16)11-14/h2-7,10-12,23,25H,8-9H2,1H3,(H,24,26). The fourth-order valence-electron chi connectivity index (χ4n) is 3.12. The van der Waals surface area contributed by atoms with Crippen LogP contribution in [0.3, 0.4) is 0 Å². The van der Waals surface area contributed by atoms with E-state index < -0.39 is 0 Å². The molecule has 0 bridgehead atoms. The SMILES string of the molecule is Cc1cc(OCCO)ccc1NC(=O)c1ccc2c(c1)[nH]c1cnccc12. The number of benzene rings is 2. The average molecular weight is 361 g/mol. The molecule has 27 heavy (non-hydrogen) atoms. The monoisotopic (exact) mass is 361 g/mol. The van der Waals surface area contributed by atoms with Gasteiger partial charge in [-0.25, -0.2) is 0 Å². The third kappa shape index (κ3) is 3.35. The fraction of sp³-hybridized carbons (Fsp3) is 0.143. The Morgan fingerprint density at radius 2 is 2.00 bits per heavy atom. The van der Waals surface area contributed by atoms with E-state index in [1.54, 1.807) is 24.5 Å². The number of aliphatic hydroxyl groups excluding tert-OH is 1. The number of anilines is 1. The van der Waals surface area contributed by atoms with Crippen molar-refractivity contribution < 1.29 is 14.6 Å². The number of amides is 1. The molecule has 136 valence electrons. The number of H-pyrrole nitrogens is 1. The van der Waals surface area contributed by atoms with Crippen molar-refractivity contribution in [3.63, 3.8) is 0 Å². The molecule has 0 saturated carbocycles. The summed E-state index contributed by atoms with van der Waals surface area (Å²) in [6, 6.07) is 13.0. The van der Waals surface area contributed by atoms with Crippen LogP contribution < -0.4 is 10.1 Å². The third-order valence-electron chi connectivity index (χ3n) is 4.47. The number of pyridine rings is 1. The van der Waals surface area contributed by atoms with Crippen molar-refractivity contribution in [3.05, 3.63) is 66.0 Å². The van der Waals surface area contributed by atoms with Crippen LogP contribution in [0.2, 0.25) is 0 Å². The summed E-state index contributed by atoms with van der Waals surface area (Å²) in [6.45, 7) is 2.10. The van der Waals surface area contributed by atoms with E-state index in [1.165, 1.54) is 0 Å². The van der Waals surface area contributed by atoms with E-state index in [9.17, 15) is 4.79 Å². The Bertz CT molecular complexity index is 1130. The van der Waals surface area contributed by atoms with E-state index in [2.05, 4.69) is 15.3 Å². The molecule has 2 aromatic heterocycles. The van der Waals surface area contributed by atoms with Crippen molar-refractivity contribution in [1.29, 1.82) is 0 Å². The zero-order valence-electron chi connectivity index (χ0n) is 14.8. The average Bonchev–Trinajstić information content (AvgIpc) is 3.06. The van der Waals surface area contributed by atoms with Crippen LogP contribution in [0, 0.1) is 6.92 Å². The number of aryl methyl sites for hydroxylation is 1. The van der Waals surface area contributed by atoms with Gasteiger partial charge in [-0.1, -0.05) is 6.07 Å². The van der Waals surface area contributed by atoms with Crippen LogP contribution in [0.15, 0.2) is 54.9 Å². The largest absolute Gasteiger partial charge is 0.491 e. The van der Waals surface area contributed by atoms with Gasteiger partial charge in [0.2, 0.25) is 0 Å². The molecule has 0 fully saturated rings. The Morgan fingerprint density at radius 1 is 1.15 bits per heavy atom. The minimum absolute atomic E-state index is 0.0379. The molecular formula is C21H19N3O3. The summed E-state index contributed by atoms with van der Waals surface area (Å²) in [4.78, 5) is 20.1. The molecule has 2 aromatic carbocycles. The highest BCUT2D eigenvalue weighted by molar-refractivity contribution is 6.11. The normalized spacial score (nSPS) is 11.0. The first-order chi connectivity index (χ1) is 13.2. The predicted octanol–water partition coefficient (Wildman–Crippen LogP) is 3.65. The molecule has 0 aliphatic rings. The molecule has 2 heterocycles. The highest BCUT2D eigenvalue weighted by Crippen LogP contribution is 2.26. The van der Waals surface area contributed by atoms with Gasteiger partial charge in [-0.05, 0) is 48.9 Å². The number of rotatable bonds is 5. The third-order valence-corrected chi connectivity index (χ3v) is 4.47. The Morgan fingerprint density at radius 3 is 2.81 bits per heavy atom. The molecule has 3 N–H and O–H groups in total. The Hall–Kier alpha value is -3.38.